The number of hydrogen-bond acceptors (Lipinski definition) is 1. The molecule has 0 amide bonds. The topological polar surface area (TPSA) is 12.9 Å². The molecule has 1 aromatic heterocycles. The van der Waals surface area contributed by atoms with E-state index in [1.54, 1.807) is 0 Å². The summed E-state index contributed by atoms with van der Waals surface area (Å²) in [6.45, 7) is 0. The Labute approximate surface area is 119 Å². The largest absolute Gasteiger partial charge is 0.234 e. The van der Waals surface area contributed by atoms with E-state index in [1.807, 2.05) is 48.5 Å². The Bertz CT molecular complexity index is 710. The molecule has 0 fully saturated rings. The minimum absolute atomic E-state index is 0.493. The Kier molecular flexibility index (Phi) is 3.06. The number of nitrogens with zero attached hydrogens (tertiary/aromatic N) is 1. The third-order valence-electron chi connectivity index (χ3n) is 2.86. The van der Waals surface area contributed by atoms with E-state index in [-0.39, 0.29) is 0 Å². The summed E-state index contributed by atoms with van der Waals surface area (Å²) in [4.78, 5) is 4.49. The molecule has 2 aromatic carbocycles. The minimum Gasteiger partial charge on any atom is -0.234 e. The first-order chi connectivity index (χ1) is 8.77. The van der Waals surface area contributed by atoms with Crippen molar-refractivity contribution in [3.63, 3.8) is 0 Å². The average Bonchev–Trinajstić information content (AvgIpc) is 2.44. The molecule has 0 bridgehead atoms. The van der Waals surface area contributed by atoms with Crippen LogP contribution in [0, 0.1) is 0 Å². The second-order valence-electron chi connectivity index (χ2n) is 3.98. The maximum atomic E-state index is 6.18. The highest BCUT2D eigenvalue weighted by atomic mass is 79.9. The standard InChI is InChI=1S/C15H9BrClN/c16-13-11-8-4-5-9-12(11)14(18-15(13)17)10-6-2-1-3-7-10/h1-9H. The van der Waals surface area contributed by atoms with Gasteiger partial charge in [-0.25, -0.2) is 4.98 Å². The molecule has 0 spiro atoms. The summed E-state index contributed by atoms with van der Waals surface area (Å²) in [5.41, 5.74) is 1.99. The van der Waals surface area contributed by atoms with Gasteiger partial charge in [0.15, 0.2) is 0 Å². The second kappa shape index (κ2) is 4.71. The molecule has 0 saturated carbocycles. The number of fused-ring (bicyclic) bond motifs is 1. The molecule has 0 atom stereocenters. The molecule has 18 heavy (non-hydrogen) atoms. The van der Waals surface area contributed by atoms with Crippen LogP contribution in [0.25, 0.3) is 22.0 Å². The Morgan fingerprint density at radius 2 is 1.44 bits per heavy atom. The number of rotatable bonds is 1. The molecule has 0 radical (unpaired) electrons. The first-order valence-corrected chi connectivity index (χ1v) is 6.73. The molecule has 1 heterocycles. The van der Waals surface area contributed by atoms with Gasteiger partial charge >= 0.3 is 0 Å². The van der Waals surface area contributed by atoms with Crippen LogP contribution in [0.1, 0.15) is 0 Å². The number of aromatic nitrogens is 1. The zero-order valence-electron chi connectivity index (χ0n) is 9.40. The summed E-state index contributed by atoms with van der Waals surface area (Å²) in [5, 5.41) is 2.67. The molecule has 0 N–H and O–H groups in total. The van der Waals surface area contributed by atoms with Crippen molar-refractivity contribution in [3.8, 4) is 11.3 Å². The average molecular weight is 319 g/mol. The zero-order chi connectivity index (χ0) is 12.5. The van der Waals surface area contributed by atoms with Crippen LogP contribution < -0.4 is 0 Å². The van der Waals surface area contributed by atoms with Crippen molar-refractivity contribution in [2.45, 2.75) is 0 Å². The van der Waals surface area contributed by atoms with Gasteiger partial charge in [0.05, 0.1) is 10.2 Å². The van der Waals surface area contributed by atoms with Crippen LogP contribution in [-0.4, -0.2) is 4.98 Å². The van der Waals surface area contributed by atoms with E-state index in [0.717, 1.165) is 26.5 Å². The fraction of sp³-hybridized carbons (Fsp3) is 0. The molecule has 3 aromatic rings. The maximum Gasteiger partial charge on any atom is 0.144 e. The monoisotopic (exact) mass is 317 g/mol. The Balaban J connectivity index is 2.40. The summed E-state index contributed by atoms with van der Waals surface area (Å²) in [6, 6.07) is 18.2. The van der Waals surface area contributed by atoms with Crippen molar-refractivity contribution >= 4 is 38.3 Å². The van der Waals surface area contributed by atoms with Gasteiger partial charge in [-0.15, -0.1) is 0 Å². The summed E-state index contributed by atoms with van der Waals surface area (Å²) in [7, 11) is 0. The molecule has 0 aliphatic heterocycles. The normalized spacial score (nSPS) is 10.8. The van der Waals surface area contributed by atoms with Crippen LogP contribution in [-0.2, 0) is 0 Å². The molecule has 3 rings (SSSR count). The molecule has 0 aliphatic rings. The highest BCUT2D eigenvalue weighted by molar-refractivity contribution is 9.10. The van der Waals surface area contributed by atoms with Gasteiger partial charge in [0.2, 0.25) is 0 Å². The SMILES string of the molecule is Clc1nc(-c2ccccc2)c2ccccc2c1Br. The van der Waals surface area contributed by atoms with Crippen molar-refractivity contribution in [3.05, 3.63) is 64.2 Å². The van der Waals surface area contributed by atoms with Crippen molar-refractivity contribution in [2.24, 2.45) is 0 Å². The molecular weight excluding hydrogens is 310 g/mol. The van der Waals surface area contributed by atoms with Gasteiger partial charge in [0.1, 0.15) is 5.15 Å². The molecule has 0 aliphatic carbocycles. The number of hydrogen-bond donors (Lipinski definition) is 0. The van der Waals surface area contributed by atoms with Crippen molar-refractivity contribution in [1.29, 1.82) is 0 Å². The van der Waals surface area contributed by atoms with Crippen LogP contribution in [0.5, 0.6) is 0 Å². The van der Waals surface area contributed by atoms with Crippen molar-refractivity contribution in [2.75, 3.05) is 0 Å². The number of halogens is 2. The van der Waals surface area contributed by atoms with E-state index < -0.39 is 0 Å². The fourth-order valence-electron chi connectivity index (χ4n) is 2.02. The summed E-state index contributed by atoms with van der Waals surface area (Å²) < 4.78 is 0.847. The van der Waals surface area contributed by atoms with Gasteiger partial charge in [-0.05, 0) is 15.9 Å². The predicted octanol–water partition coefficient (Wildman–Crippen LogP) is 5.32. The van der Waals surface area contributed by atoms with E-state index in [1.165, 1.54) is 0 Å². The Morgan fingerprint density at radius 1 is 0.833 bits per heavy atom. The van der Waals surface area contributed by atoms with Crippen LogP contribution in [0.2, 0.25) is 5.15 Å². The van der Waals surface area contributed by atoms with E-state index in [0.29, 0.717) is 5.15 Å². The molecule has 88 valence electrons. The van der Waals surface area contributed by atoms with E-state index in [9.17, 15) is 0 Å². The molecule has 0 unspecified atom stereocenters. The van der Waals surface area contributed by atoms with Gasteiger partial charge in [0.25, 0.3) is 0 Å². The molecule has 3 heteroatoms. The van der Waals surface area contributed by atoms with Crippen LogP contribution in [0.3, 0.4) is 0 Å². The van der Waals surface area contributed by atoms with E-state index in [2.05, 4.69) is 27.0 Å². The van der Waals surface area contributed by atoms with Gasteiger partial charge in [-0.1, -0.05) is 66.2 Å². The summed E-state index contributed by atoms with van der Waals surface area (Å²) in [6.07, 6.45) is 0. The summed E-state index contributed by atoms with van der Waals surface area (Å²) in [5.74, 6) is 0. The zero-order valence-corrected chi connectivity index (χ0v) is 11.7. The smallest absolute Gasteiger partial charge is 0.144 e. The lowest BCUT2D eigenvalue weighted by Crippen LogP contribution is -1.89. The molecular formula is C15H9BrClN. The van der Waals surface area contributed by atoms with Crippen molar-refractivity contribution < 1.29 is 0 Å². The lowest BCUT2D eigenvalue weighted by molar-refractivity contribution is 1.34. The highest BCUT2D eigenvalue weighted by Gasteiger charge is 2.11. The van der Waals surface area contributed by atoms with E-state index in [4.69, 9.17) is 11.6 Å². The van der Waals surface area contributed by atoms with Gasteiger partial charge in [-0.3, -0.25) is 0 Å². The first kappa shape index (κ1) is 11.7. The number of benzene rings is 2. The summed E-state index contributed by atoms with van der Waals surface area (Å²) >= 11 is 9.68. The highest BCUT2D eigenvalue weighted by Crippen LogP contribution is 2.35. The maximum absolute atomic E-state index is 6.18. The van der Waals surface area contributed by atoms with Crippen LogP contribution in [0.15, 0.2) is 59.1 Å². The third-order valence-corrected chi connectivity index (χ3v) is 4.16. The quantitative estimate of drug-likeness (QED) is 0.553. The minimum atomic E-state index is 0.493. The lowest BCUT2D eigenvalue weighted by Gasteiger charge is -2.09. The Morgan fingerprint density at radius 3 is 2.17 bits per heavy atom. The second-order valence-corrected chi connectivity index (χ2v) is 5.13. The molecule has 1 nitrogen and oxygen atoms in total. The first-order valence-electron chi connectivity index (χ1n) is 5.56. The van der Waals surface area contributed by atoms with Crippen LogP contribution >= 0.6 is 27.5 Å². The Hall–Kier alpha value is -1.38. The third kappa shape index (κ3) is 1.92. The van der Waals surface area contributed by atoms with Gasteiger partial charge < -0.3 is 0 Å². The fourth-order valence-corrected chi connectivity index (χ4v) is 2.64. The van der Waals surface area contributed by atoms with Gasteiger partial charge in [-0.2, -0.15) is 0 Å². The van der Waals surface area contributed by atoms with Gasteiger partial charge in [0, 0.05) is 16.3 Å². The van der Waals surface area contributed by atoms with E-state index >= 15 is 0 Å². The lowest BCUT2D eigenvalue weighted by atomic mass is 10.0. The molecule has 0 saturated heterocycles. The predicted molar refractivity (Wildman–Crippen MR) is 79.9 cm³/mol. The van der Waals surface area contributed by atoms with Crippen molar-refractivity contribution in [1.82, 2.24) is 4.98 Å². The number of pyridine rings is 1. The van der Waals surface area contributed by atoms with Crippen LogP contribution in [0.4, 0.5) is 0 Å².